The molecule has 0 fully saturated rings. The molecule has 4 nitrogen and oxygen atoms in total. The number of rotatable bonds is 1. The van der Waals surface area contributed by atoms with Crippen molar-refractivity contribution in [1.82, 2.24) is 9.55 Å². The average Bonchev–Trinajstić information content (AvgIpc) is 2.25. The summed E-state index contributed by atoms with van der Waals surface area (Å²) in [5.74, 6) is -0.508. The molecule has 2 rings (SSSR count). The maximum Gasteiger partial charge on any atom is 0.250 e. The highest BCUT2D eigenvalue weighted by molar-refractivity contribution is 5.81. The summed E-state index contributed by atoms with van der Waals surface area (Å²) in [7, 11) is 1.57. The van der Waals surface area contributed by atoms with Gasteiger partial charge in [-0.25, -0.2) is 4.39 Å². The van der Waals surface area contributed by atoms with E-state index in [1.807, 2.05) is 20.8 Å². The number of hydrogen-bond donors (Lipinski definition) is 0. The first-order valence-electron chi connectivity index (χ1n) is 5.63. The lowest BCUT2D eigenvalue weighted by Gasteiger charge is -2.23. The molecular weight excluding hydrogens is 235 g/mol. The summed E-state index contributed by atoms with van der Waals surface area (Å²) in [5, 5.41) is 0. The van der Waals surface area contributed by atoms with Gasteiger partial charge >= 0.3 is 0 Å². The van der Waals surface area contributed by atoms with Gasteiger partial charge in [-0.3, -0.25) is 9.78 Å². The van der Waals surface area contributed by atoms with Crippen LogP contribution in [0.1, 0.15) is 20.8 Å². The molecule has 0 aliphatic carbocycles. The lowest BCUT2D eigenvalue weighted by molar-refractivity contribution is 0.126. The van der Waals surface area contributed by atoms with E-state index in [-0.39, 0.29) is 11.3 Å². The van der Waals surface area contributed by atoms with Gasteiger partial charge in [0, 0.05) is 13.1 Å². The lowest BCUT2D eigenvalue weighted by atomic mass is 10.2. The zero-order chi connectivity index (χ0) is 13.5. The van der Waals surface area contributed by atoms with E-state index in [1.54, 1.807) is 13.1 Å². The van der Waals surface area contributed by atoms with Crippen molar-refractivity contribution in [3.05, 3.63) is 34.5 Å². The van der Waals surface area contributed by atoms with Gasteiger partial charge in [-0.2, -0.15) is 0 Å². The molecule has 0 saturated carbocycles. The average molecular weight is 250 g/mol. The van der Waals surface area contributed by atoms with Gasteiger partial charge in [0.15, 0.2) is 11.6 Å². The van der Waals surface area contributed by atoms with E-state index >= 15 is 0 Å². The highest BCUT2D eigenvalue weighted by Gasteiger charge is 2.20. The van der Waals surface area contributed by atoms with E-state index in [2.05, 4.69) is 4.98 Å². The predicted octanol–water partition coefficient (Wildman–Crippen LogP) is 2.25. The van der Waals surface area contributed by atoms with Crippen LogP contribution in [0, 0.1) is 5.82 Å². The van der Waals surface area contributed by atoms with Crippen molar-refractivity contribution in [3.63, 3.8) is 0 Å². The Hall–Kier alpha value is -1.91. The zero-order valence-electron chi connectivity index (χ0n) is 10.8. The molecule has 0 radical (unpaired) electrons. The first-order valence-corrected chi connectivity index (χ1v) is 5.63. The second-order valence-electron chi connectivity index (χ2n) is 5.11. The first kappa shape index (κ1) is 12.5. The van der Waals surface area contributed by atoms with E-state index in [9.17, 15) is 9.18 Å². The largest absolute Gasteiger partial charge is 0.483 e. The number of halogens is 1. The Morgan fingerprint density at radius 3 is 2.61 bits per heavy atom. The SMILES string of the molecule is Cn1c(=O)ccc2ncc(F)c(OC(C)(C)C)c21. The van der Waals surface area contributed by atoms with Gasteiger partial charge < -0.3 is 9.30 Å². The van der Waals surface area contributed by atoms with Crippen LogP contribution < -0.4 is 10.3 Å². The summed E-state index contributed by atoms with van der Waals surface area (Å²) in [6, 6.07) is 2.96. The van der Waals surface area contributed by atoms with Gasteiger partial charge in [0.25, 0.3) is 5.56 Å². The van der Waals surface area contributed by atoms with Crippen molar-refractivity contribution < 1.29 is 9.13 Å². The molecule has 0 aliphatic heterocycles. The molecule has 0 spiro atoms. The summed E-state index contributed by atoms with van der Waals surface area (Å²) in [6.45, 7) is 5.46. The second kappa shape index (κ2) is 4.08. The standard InChI is InChI=1S/C13H15FN2O2/c1-13(2,3)18-12-8(14)7-15-9-5-6-10(17)16(4)11(9)12/h5-7H,1-4H3. The Morgan fingerprint density at radius 2 is 2.00 bits per heavy atom. The van der Waals surface area contributed by atoms with Crippen LogP contribution in [0.25, 0.3) is 11.0 Å². The fraction of sp³-hybridized carbons (Fsp3) is 0.385. The molecule has 96 valence electrons. The van der Waals surface area contributed by atoms with Crippen LogP contribution in [-0.2, 0) is 7.05 Å². The van der Waals surface area contributed by atoms with Gasteiger partial charge in [0.2, 0.25) is 0 Å². The quantitative estimate of drug-likeness (QED) is 0.779. The van der Waals surface area contributed by atoms with Crippen molar-refractivity contribution >= 4 is 11.0 Å². The topological polar surface area (TPSA) is 44.1 Å². The third-order valence-corrected chi connectivity index (χ3v) is 2.45. The molecule has 5 heteroatoms. The van der Waals surface area contributed by atoms with Gasteiger partial charge in [-0.05, 0) is 26.8 Å². The van der Waals surface area contributed by atoms with Crippen LogP contribution >= 0.6 is 0 Å². The van der Waals surface area contributed by atoms with Crippen LogP contribution in [0.15, 0.2) is 23.1 Å². The third kappa shape index (κ3) is 2.20. The fourth-order valence-electron chi connectivity index (χ4n) is 1.70. The van der Waals surface area contributed by atoms with Crippen LogP contribution in [-0.4, -0.2) is 15.2 Å². The highest BCUT2D eigenvalue weighted by atomic mass is 19.1. The van der Waals surface area contributed by atoms with Crippen molar-refractivity contribution in [3.8, 4) is 5.75 Å². The fourth-order valence-corrected chi connectivity index (χ4v) is 1.70. The normalized spacial score (nSPS) is 11.8. The summed E-state index contributed by atoms with van der Waals surface area (Å²) >= 11 is 0. The molecule has 0 bridgehead atoms. The molecule has 0 unspecified atom stereocenters. The molecule has 2 heterocycles. The highest BCUT2D eigenvalue weighted by Crippen LogP contribution is 2.28. The number of aromatic nitrogens is 2. The van der Waals surface area contributed by atoms with Crippen molar-refractivity contribution in [2.45, 2.75) is 26.4 Å². The molecule has 0 aromatic carbocycles. The van der Waals surface area contributed by atoms with Crippen molar-refractivity contribution in [2.24, 2.45) is 7.05 Å². The monoisotopic (exact) mass is 250 g/mol. The first-order chi connectivity index (χ1) is 8.29. The minimum absolute atomic E-state index is 0.0627. The van der Waals surface area contributed by atoms with E-state index in [0.717, 1.165) is 6.20 Å². The van der Waals surface area contributed by atoms with Crippen LogP contribution in [0.3, 0.4) is 0 Å². The lowest BCUT2D eigenvalue weighted by Crippen LogP contribution is -2.25. The van der Waals surface area contributed by atoms with Gasteiger partial charge in [0.1, 0.15) is 11.1 Å². The van der Waals surface area contributed by atoms with Crippen molar-refractivity contribution in [1.29, 1.82) is 0 Å². The number of pyridine rings is 2. The van der Waals surface area contributed by atoms with E-state index < -0.39 is 11.4 Å². The molecule has 0 saturated heterocycles. The third-order valence-electron chi connectivity index (χ3n) is 2.45. The van der Waals surface area contributed by atoms with Crippen LogP contribution in [0.4, 0.5) is 4.39 Å². The van der Waals surface area contributed by atoms with E-state index in [4.69, 9.17) is 4.74 Å². The van der Waals surface area contributed by atoms with Crippen LogP contribution in [0.5, 0.6) is 5.75 Å². The number of ether oxygens (including phenoxy) is 1. The minimum atomic E-state index is -0.571. The molecule has 0 amide bonds. The molecule has 0 aliphatic rings. The molecule has 0 N–H and O–H groups in total. The Labute approximate surface area is 104 Å². The zero-order valence-corrected chi connectivity index (χ0v) is 10.8. The Balaban J connectivity index is 2.81. The number of fused-ring (bicyclic) bond motifs is 1. The number of aryl methyl sites for hydroxylation is 1. The number of hydrogen-bond acceptors (Lipinski definition) is 3. The van der Waals surface area contributed by atoms with E-state index in [1.165, 1.54) is 10.6 Å². The molecule has 0 atom stereocenters. The smallest absolute Gasteiger partial charge is 0.250 e. The summed E-state index contributed by atoms with van der Waals surface area (Å²) in [5.41, 5.74) is 0.116. The molecule has 18 heavy (non-hydrogen) atoms. The van der Waals surface area contributed by atoms with Gasteiger partial charge in [-0.1, -0.05) is 0 Å². The summed E-state index contributed by atoms with van der Waals surface area (Å²) in [4.78, 5) is 15.6. The summed E-state index contributed by atoms with van der Waals surface area (Å²) < 4.78 is 20.8. The minimum Gasteiger partial charge on any atom is -0.483 e. The predicted molar refractivity (Wildman–Crippen MR) is 67.3 cm³/mol. The molecule has 2 aromatic heterocycles. The Kier molecular flexibility index (Phi) is 2.84. The number of nitrogens with zero attached hydrogens (tertiary/aromatic N) is 2. The Morgan fingerprint density at radius 1 is 1.33 bits per heavy atom. The second-order valence-corrected chi connectivity index (χ2v) is 5.11. The van der Waals surface area contributed by atoms with E-state index in [0.29, 0.717) is 11.0 Å². The van der Waals surface area contributed by atoms with Gasteiger partial charge in [0.05, 0.1) is 11.7 Å². The molecule has 2 aromatic rings. The van der Waals surface area contributed by atoms with Gasteiger partial charge in [-0.15, -0.1) is 0 Å². The maximum atomic E-state index is 13.9. The maximum absolute atomic E-state index is 13.9. The summed E-state index contributed by atoms with van der Waals surface area (Å²) in [6.07, 6.45) is 1.11. The Bertz CT molecular complexity index is 656. The van der Waals surface area contributed by atoms with Crippen LogP contribution in [0.2, 0.25) is 0 Å². The van der Waals surface area contributed by atoms with Crippen molar-refractivity contribution in [2.75, 3.05) is 0 Å². The molecular formula is C13H15FN2O2.